The van der Waals surface area contributed by atoms with E-state index >= 15 is 0 Å². The second-order valence-corrected chi connectivity index (χ2v) is 8.34. The predicted octanol–water partition coefficient (Wildman–Crippen LogP) is 4.94. The van der Waals surface area contributed by atoms with E-state index in [0.29, 0.717) is 11.1 Å². The minimum atomic E-state index is -0.654. The van der Waals surface area contributed by atoms with E-state index in [1.54, 1.807) is 35.6 Å². The highest BCUT2D eigenvalue weighted by atomic mass is 32.1. The second kappa shape index (κ2) is 8.24. The lowest BCUT2D eigenvalue weighted by Gasteiger charge is -2.06. The molecule has 0 radical (unpaired) electrons. The van der Waals surface area contributed by atoms with E-state index < -0.39 is 18.5 Å². The summed E-state index contributed by atoms with van der Waals surface area (Å²) in [4.78, 5) is 29.2. The third-order valence-corrected chi connectivity index (χ3v) is 6.02. The molecule has 0 spiro atoms. The van der Waals surface area contributed by atoms with Crippen molar-refractivity contribution < 1.29 is 14.3 Å². The lowest BCUT2D eigenvalue weighted by atomic mass is 10.2. The maximum atomic E-state index is 12.3. The Labute approximate surface area is 187 Å². The molecule has 32 heavy (non-hydrogen) atoms. The van der Waals surface area contributed by atoms with E-state index in [1.165, 1.54) is 5.56 Å². The van der Waals surface area contributed by atoms with Gasteiger partial charge in [-0.25, -0.2) is 9.78 Å². The van der Waals surface area contributed by atoms with Crippen molar-refractivity contribution in [2.75, 3.05) is 11.9 Å². The van der Waals surface area contributed by atoms with Gasteiger partial charge in [-0.2, -0.15) is 5.10 Å². The number of amides is 1. The Morgan fingerprint density at radius 3 is 2.72 bits per heavy atom. The largest absolute Gasteiger partial charge is 0.451 e. The van der Waals surface area contributed by atoms with Gasteiger partial charge in [0.05, 0.1) is 15.7 Å². The summed E-state index contributed by atoms with van der Waals surface area (Å²) in [7, 11) is 0. The zero-order valence-electron chi connectivity index (χ0n) is 17.1. The van der Waals surface area contributed by atoms with Gasteiger partial charge in [0.15, 0.2) is 12.3 Å². The number of aromatic nitrogens is 3. The normalized spacial score (nSPS) is 11.0. The molecule has 5 rings (SSSR count). The Hall–Kier alpha value is -4.04. The maximum absolute atomic E-state index is 12.3. The number of aryl methyl sites for hydroxylation is 1. The molecule has 0 unspecified atom stereocenters. The van der Waals surface area contributed by atoms with Crippen molar-refractivity contribution >= 4 is 50.0 Å². The minimum Gasteiger partial charge on any atom is -0.451 e. The number of esters is 1. The molecule has 0 fully saturated rings. The highest BCUT2D eigenvalue weighted by Gasteiger charge is 2.17. The van der Waals surface area contributed by atoms with Crippen molar-refractivity contribution in [2.24, 2.45) is 0 Å². The molecule has 5 aromatic rings. The molecule has 1 amide bonds. The standard InChI is InChI=1S/C24H18N4O3S/c1-14-6-11-19-20(12-14)32-23(26-19)15-7-9-16(10-8-15)25-21(29)13-31-24(30)22-17-4-2-3-5-18(17)27-28-22/h2-12H,13H2,1H3,(H,25,29)(H,27,28). The topological polar surface area (TPSA) is 97.0 Å². The summed E-state index contributed by atoms with van der Waals surface area (Å²) in [5.74, 6) is -1.08. The first-order chi connectivity index (χ1) is 15.6. The lowest BCUT2D eigenvalue weighted by Crippen LogP contribution is -2.21. The molecular weight excluding hydrogens is 424 g/mol. The second-order valence-electron chi connectivity index (χ2n) is 7.31. The molecular formula is C24H18N4O3S. The fourth-order valence-corrected chi connectivity index (χ4v) is 4.44. The van der Waals surface area contributed by atoms with Crippen LogP contribution in [0.4, 0.5) is 5.69 Å². The molecule has 8 heteroatoms. The Balaban J connectivity index is 1.21. The summed E-state index contributed by atoms with van der Waals surface area (Å²) < 4.78 is 6.27. The van der Waals surface area contributed by atoms with Crippen molar-refractivity contribution in [1.29, 1.82) is 0 Å². The molecule has 2 aromatic heterocycles. The van der Waals surface area contributed by atoms with Crippen molar-refractivity contribution in [2.45, 2.75) is 6.92 Å². The van der Waals surface area contributed by atoms with Gasteiger partial charge in [0.1, 0.15) is 5.01 Å². The van der Waals surface area contributed by atoms with E-state index in [9.17, 15) is 9.59 Å². The number of hydrogen-bond donors (Lipinski definition) is 2. The summed E-state index contributed by atoms with van der Waals surface area (Å²) in [5, 5.41) is 11.1. The van der Waals surface area contributed by atoms with Gasteiger partial charge in [0.25, 0.3) is 5.91 Å². The first-order valence-corrected chi connectivity index (χ1v) is 10.8. The quantitative estimate of drug-likeness (QED) is 0.376. The Bertz CT molecular complexity index is 1450. The number of ether oxygens (including phenoxy) is 1. The third-order valence-electron chi connectivity index (χ3n) is 4.96. The molecule has 0 aliphatic rings. The van der Waals surface area contributed by atoms with Crippen LogP contribution in [0.25, 0.3) is 31.7 Å². The van der Waals surface area contributed by atoms with Crippen LogP contribution in [0.15, 0.2) is 66.7 Å². The average molecular weight is 443 g/mol. The predicted molar refractivity (Wildman–Crippen MR) is 125 cm³/mol. The van der Waals surface area contributed by atoms with Crippen molar-refractivity contribution in [3.05, 3.63) is 78.0 Å². The fraction of sp³-hybridized carbons (Fsp3) is 0.0833. The number of H-pyrrole nitrogens is 1. The number of hydrogen-bond acceptors (Lipinski definition) is 6. The monoisotopic (exact) mass is 442 g/mol. The maximum Gasteiger partial charge on any atom is 0.359 e. The molecule has 0 saturated heterocycles. The molecule has 3 aromatic carbocycles. The number of nitrogens with one attached hydrogen (secondary N) is 2. The van der Waals surface area contributed by atoms with Crippen LogP contribution in [-0.2, 0) is 9.53 Å². The first-order valence-electron chi connectivity index (χ1n) is 9.94. The zero-order valence-corrected chi connectivity index (χ0v) is 17.9. The summed E-state index contributed by atoms with van der Waals surface area (Å²) in [6.07, 6.45) is 0. The van der Waals surface area contributed by atoms with Crippen LogP contribution in [-0.4, -0.2) is 33.7 Å². The van der Waals surface area contributed by atoms with Crippen molar-refractivity contribution in [3.63, 3.8) is 0 Å². The molecule has 0 atom stereocenters. The van der Waals surface area contributed by atoms with E-state index in [2.05, 4.69) is 33.5 Å². The number of carbonyl (C=O) groups is 2. The highest BCUT2D eigenvalue weighted by Crippen LogP contribution is 2.31. The summed E-state index contributed by atoms with van der Waals surface area (Å²) in [6, 6.07) is 20.8. The van der Waals surface area contributed by atoms with Crippen LogP contribution in [0.2, 0.25) is 0 Å². The van der Waals surface area contributed by atoms with Crippen molar-refractivity contribution in [3.8, 4) is 10.6 Å². The molecule has 0 bridgehead atoms. The van der Waals surface area contributed by atoms with Gasteiger partial charge in [-0.1, -0.05) is 24.3 Å². The molecule has 7 nitrogen and oxygen atoms in total. The van der Waals surface area contributed by atoms with Crippen LogP contribution in [0.3, 0.4) is 0 Å². The number of carbonyl (C=O) groups excluding carboxylic acids is 2. The molecule has 158 valence electrons. The van der Waals surface area contributed by atoms with Crippen LogP contribution >= 0.6 is 11.3 Å². The van der Waals surface area contributed by atoms with Gasteiger partial charge in [0, 0.05) is 16.6 Å². The number of benzene rings is 3. The number of fused-ring (bicyclic) bond motifs is 2. The van der Waals surface area contributed by atoms with Crippen LogP contribution in [0, 0.1) is 6.92 Å². The van der Waals surface area contributed by atoms with E-state index in [0.717, 1.165) is 26.3 Å². The lowest BCUT2D eigenvalue weighted by molar-refractivity contribution is -0.119. The zero-order chi connectivity index (χ0) is 22.1. The first kappa shape index (κ1) is 19.9. The van der Waals surface area contributed by atoms with Crippen LogP contribution in [0.5, 0.6) is 0 Å². The van der Waals surface area contributed by atoms with Gasteiger partial charge < -0.3 is 10.1 Å². The van der Waals surface area contributed by atoms with Gasteiger partial charge >= 0.3 is 5.97 Å². The molecule has 0 aliphatic heterocycles. The van der Waals surface area contributed by atoms with E-state index in [4.69, 9.17) is 4.74 Å². The summed E-state index contributed by atoms with van der Waals surface area (Å²) in [5.41, 5.74) is 4.64. The summed E-state index contributed by atoms with van der Waals surface area (Å²) >= 11 is 1.63. The van der Waals surface area contributed by atoms with Crippen LogP contribution in [0.1, 0.15) is 16.1 Å². The SMILES string of the molecule is Cc1ccc2nc(-c3ccc(NC(=O)COC(=O)c4n[nH]c5ccccc45)cc3)sc2c1. The number of nitrogens with zero attached hydrogens (tertiary/aromatic N) is 2. The van der Waals surface area contributed by atoms with E-state index in [1.807, 2.05) is 36.4 Å². The third kappa shape index (κ3) is 3.95. The highest BCUT2D eigenvalue weighted by molar-refractivity contribution is 7.21. The molecule has 2 heterocycles. The number of anilines is 1. The number of thiazole rings is 1. The van der Waals surface area contributed by atoms with E-state index in [-0.39, 0.29) is 5.69 Å². The Morgan fingerprint density at radius 1 is 1.06 bits per heavy atom. The minimum absolute atomic E-state index is 0.156. The van der Waals surface area contributed by atoms with Gasteiger partial charge in [-0.05, 0) is 55.0 Å². The van der Waals surface area contributed by atoms with Gasteiger partial charge in [-0.15, -0.1) is 11.3 Å². The smallest absolute Gasteiger partial charge is 0.359 e. The molecule has 0 saturated carbocycles. The number of aromatic amines is 1. The Kier molecular flexibility index (Phi) is 5.12. The molecule has 0 aliphatic carbocycles. The number of para-hydroxylation sites is 1. The van der Waals surface area contributed by atoms with Gasteiger partial charge in [0.2, 0.25) is 0 Å². The number of rotatable bonds is 5. The summed E-state index contributed by atoms with van der Waals surface area (Å²) in [6.45, 7) is 1.66. The van der Waals surface area contributed by atoms with Gasteiger partial charge in [-0.3, -0.25) is 9.89 Å². The fourth-order valence-electron chi connectivity index (χ4n) is 3.37. The Morgan fingerprint density at radius 2 is 1.88 bits per heavy atom. The van der Waals surface area contributed by atoms with Crippen LogP contribution < -0.4 is 5.32 Å². The van der Waals surface area contributed by atoms with Crippen molar-refractivity contribution in [1.82, 2.24) is 15.2 Å². The molecule has 2 N–H and O–H groups in total. The average Bonchev–Trinajstić information content (AvgIpc) is 3.42.